The predicted octanol–water partition coefficient (Wildman–Crippen LogP) is 3.14. The Bertz CT molecular complexity index is 845. The molecule has 0 amide bonds. The highest BCUT2D eigenvalue weighted by Gasteiger charge is 2.19. The molecule has 3 heteroatoms. The number of pyridine rings is 1. The Labute approximate surface area is 150 Å². The van der Waals surface area contributed by atoms with Crippen molar-refractivity contribution >= 4 is 17.1 Å². The quantitative estimate of drug-likeness (QED) is 0.786. The zero-order chi connectivity index (χ0) is 17.8. The molecular formula is C22H25N3+2. The second-order valence-corrected chi connectivity index (χ2v) is 6.51. The van der Waals surface area contributed by atoms with E-state index in [0.717, 1.165) is 0 Å². The first kappa shape index (κ1) is 16.9. The summed E-state index contributed by atoms with van der Waals surface area (Å²) in [5, 5.41) is 0. The van der Waals surface area contributed by atoms with E-state index in [-0.39, 0.29) is 0 Å². The third-order valence-corrected chi connectivity index (χ3v) is 4.29. The van der Waals surface area contributed by atoms with Gasteiger partial charge in [-0.25, -0.2) is 4.58 Å². The van der Waals surface area contributed by atoms with Gasteiger partial charge in [0.25, 0.3) is 0 Å². The normalized spacial score (nSPS) is 13.1. The van der Waals surface area contributed by atoms with E-state index in [4.69, 9.17) is 0 Å². The molecule has 0 fully saturated rings. The number of rotatable bonds is 3. The molecule has 0 unspecified atom stereocenters. The van der Waals surface area contributed by atoms with Gasteiger partial charge in [-0.1, -0.05) is 6.07 Å². The van der Waals surface area contributed by atoms with Crippen LogP contribution in [0.2, 0.25) is 0 Å². The zero-order valence-electron chi connectivity index (χ0n) is 15.3. The topological polar surface area (TPSA) is 10.1 Å². The first-order valence-electron chi connectivity index (χ1n) is 8.45. The molecule has 1 aromatic heterocycles. The van der Waals surface area contributed by atoms with Gasteiger partial charge in [-0.15, -0.1) is 0 Å². The molecular weight excluding hydrogens is 306 g/mol. The predicted molar refractivity (Wildman–Crippen MR) is 105 cm³/mol. The summed E-state index contributed by atoms with van der Waals surface area (Å²) in [6.45, 7) is 0. The minimum absolute atomic E-state index is 1.18. The number of allylic oxidation sites excluding steroid dienone is 5. The molecule has 0 saturated carbocycles. The Morgan fingerprint density at radius 1 is 0.840 bits per heavy atom. The van der Waals surface area contributed by atoms with Crippen molar-refractivity contribution in [2.45, 2.75) is 0 Å². The van der Waals surface area contributed by atoms with Crippen LogP contribution in [-0.4, -0.2) is 38.5 Å². The molecule has 0 N–H and O–H groups in total. The molecule has 1 aliphatic carbocycles. The van der Waals surface area contributed by atoms with E-state index < -0.39 is 0 Å². The lowest BCUT2D eigenvalue weighted by Gasteiger charge is -2.13. The molecule has 0 radical (unpaired) electrons. The number of hydrogen-bond donors (Lipinski definition) is 0. The van der Waals surface area contributed by atoms with Crippen molar-refractivity contribution in [2.24, 2.45) is 0 Å². The molecule has 0 saturated heterocycles. The van der Waals surface area contributed by atoms with Gasteiger partial charge in [-0.3, -0.25) is 0 Å². The van der Waals surface area contributed by atoms with Gasteiger partial charge in [0, 0.05) is 55.2 Å². The Morgan fingerprint density at radius 3 is 1.96 bits per heavy atom. The van der Waals surface area contributed by atoms with E-state index in [0.29, 0.717) is 0 Å². The van der Waals surface area contributed by atoms with E-state index in [2.05, 4.69) is 115 Å². The monoisotopic (exact) mass is 331 g/mol. The third kappa shape index (κ3) is 3.77. The summed E-state index contributed by atoms with van der Waals surface area (Å²) in [5.74, 6) is 0. The Kier molecular flexibility index (Phi) is 4.94. The van der Waals surface area contributed by atoms with Crippen molar-refractivity contribution in [2.75, 3.05) is 33.1 Å². The first-order chi connectivity index (χ1) is 12.1. The van der Waals surface area contributed by atoms with Crippen LogP contribution < -0.4 is 9.47 Å². The van der Waals surface area contributed by atoms with Crippen LogP contribution in [0.4, 0.5) is 5.69 Å². The second kappa shape index (κ2) is 7.31. The van der Waals surface area contributed by atoms with E-state index in [1.165, 1.54) is 28.2 Å². The highest BCUT2D eigenvalue weighted by molar-refractivity contribution is 6.03. The average molecular weight is 331 g/mol. The van der Waals surface area contributed by atoms with Crippen molar-refractivity contribution < 1.29 is 9.14 Å². The van der Waals surface area contributed by atoms with Crippen LogP contribution in [0, 0.1) is 0 Å². The molecule has 126 valence electrons. The Balaban J connectivity index is 2.12. The van der Waals surface area contributed by atoms with Crippen LogP contribution in [0.15, 0.2) is 84.7 Å². The Hall–Kier alpha value is -2.94. The summed E-state index contributed by atoms with van der Waals surface area (Å²) >= 11 is 0. The molecule has 25 heavy (non-hydrogen) atoms. The molecule has 0 bridgehead atoms. The van der Waals surface area contributed by atoms with Gasteiger partial charge in [0.2, 0.25) is 5.70 Å². The molecule has 0 atom stereocenters. The largest absolute Gasteiger partial charge is 0.378 e. The highest BCUT2D eigenvalue weighted by Crippen LogP contribution is 2.22. The summed E-state index contributed by atoms with van der Waals surface area (Å²) in [6, 6.07) is 14.8. The van der Waals surface area contributed by atoms with Gasteiger partial charge < -0.3 is 4.90 Å². The van der Waals surface area contributed by atoms with Crippen molar-refractivity contribution in [3.05, 3.63) is 90.3 Å². The number of anilines is 1. The number of benzene rings is 1. The van der Waals surface area contributed by atoms with Gasteiger partial charge >= 0.3 is 0 Å². The Morgan fingerprint density at radius 2 is 1.44 bits per heavy atom. The molecule has 3 nitrogen and oxygen atoms in total. The van der Waals surface area contributed by atoms with E-state index >= 15 is 0 Å². The molecule has 0 spiro atoms. The van der Waals surface area contributed by atoms with E-state index in [1.54, 1.807) is 0 Å². The molecule has 2 aromatic rings. The maximum Gasteiger partial charge on any atom is 0.225 e. The first-order valence-corrected chi connectivity index (χ1v) is 8.45. The second-order valence-electron chi connectivity index (χ2n) is 6.51. The van der Waals surface area contributed by atoms with Gasteiger partial charge in [-0.05, 0) is 36.4 Å². The summed E-state index contributed by atoms with van der Waals surface area (Å²) in [6.07, 6.45) is 12.9. The lowest BCUT2D eigenvalue weighted by atomic mass is 10.0. The van der Waals surface area contributed by atoms with Gasteiger partial charge in [0.1, 0.15) is 14.1 Å². The molecule has 3 rings (SSSR count). The minimum atomic E-state index is 1.18. The number of hydrogen-bond acceptors (Lipinski definition) is 1. The lowest BCUT2D eigenvalue weighted by molar-refractivity contribution is -0.579. The third-order valence-electron chi connectivity index (χ3n) is 4.29. The minimum Gasteiger partial charge on any atom is -0.378 e. The summed E-state index contributed by atoms with van der Waals surface area (Å²) in [5.41, 5.74) is 5.96. The molecule has 0 aliphatic heterocycles. The number of nitrogens with zero attached hydrogens (tertiary/aromatic N) is 3. The molecule has 1 aromatic carbocycles. The van der Waals surface area contributed by atoms with Crippen LogP contribution in [0.3, 0.4) is 0 Å². The number of aromatic nitrogens is 1. The van der Waals surface area contributed by atoms with Crippen LogP contribution in [0.1, 0.15) is 5.56 Å². The highest BCUT2D eigenvalue weighted by atomic mass is 15.1. The molecule has 1 heterocycles. The van der Waals surface area contributed by atoms with Crippen LogP contribution >= 0.6 is 0 Å². The van der Waals surface area contributed by atoms with Crippen LogP contribution in [0.25, 0.3) is 5.70 Å². The fraction of sp³-hybridized carbons (Fsp3) is 0.182. The van der Waals surface area contributed by atoms with Gasteiger partial charge in [0.05, 0.1) is 0 Å². The summed E-state index contributed by atoms with van der Waals surface area (Å²) in [7, 11) is 8.24. The van der Waals surface area contributed by atoms with Gasteiger partial charge in [0.15, 0.2) is 18.1 Å². The maximum absolute atomic E-state index is 2.19. The standard InChI is InChI=1S/C22H25N3/c1-23(2)20-12-8-18(9-13-20)22(25-16-6-5-7-17-25)19-10-14-21(15-11-19)24(3)4/h5-17H,1-4H3/q+2. The fourth-order valence-electron chi connectivity index (χ4n) is 2.85. The van der Waals surface area contributed by atoms with Crippen molar-refractivity contribution in [3.8, 4) is 0 Å². The lowest BCUT2D eigenvalue weighted by Crippen LogP contribution is -2.32. The smallest absolute Gasteiger partial charge is 0.225 e. The van der Waals surface area contributed by atoms with Crippen LogP contribution in [0.5, 0.6) is 0 Å². The molecule has 1 aliphatic rings. The van der Waals surface area contributed by atoms with Gasteiger partial charge in [-0.2, -0.15) is 4.57 Å². The SMILES string of the molecule is CN(C)c1ccc(C(=C2C=CC(=[N+](C)C)C=C2)[n+]2ccccc2)cc1. The van der Waals surface area contributed by atoms with Crippen molar-refractivity contribution in [1.29, 1.82) is 0 Å². The van der Waals surface area contributed by atoms with E-state index in [1.807, 2.05) is 6.07 Å². The van der Waals surface area contributed by atoms with E-state index in [9.17, 15) is 0 Å². The summed E-state index contributed by atoms with van der Waals surface area (Å²) in [4.78, 5) is 2.12. The zero-order valence-corrected chi connectivity index (χ0v) is 15.3. The fourth-order valence-corrected chi connectivity index (χ4v) is 2.85. The summed E-state index contributed by atoms with van der Waals surface area (Å²) < 4.78 is 4.29. The maximum atomic E-state index is 2.19. The van der Waals surface area contributed by atoms with Crippen LogP contribution in [-0.2, 0) is 0 Å². The van der Waals surface area contributed by atoms with Crippen molar-refractivity contribution in [1.82, 2.24) is 0 Å². The average Bonchev–Trinajstić information content (AvgIpc) is 2.64. The van der Waals surface area contributed by atoms with Crippen molar-refractivity contribution in [3.63, 3.8) is 0 Å².